The molecular formula is C13H17NO. The molecule has 1 aromatic rings. The largest absolute Gasteiger partial charge is 0.497 e. The van der Waals surface area contributed by atoms with Crippen molar-refractivity contribution in [2.24, 2.45) is 0 Å². The molecule has 0 unspecified atom stereocenters. The third-order valence-electron chi connectivity index (χ3n) is 2.98. The van der Waals surface area contributed by atoms with E-state index >= 15 is 0 Å². The summed E-state index contributed by atoms with van der Waals surface area (Å²) in [5, 5.41) is 0. The van der Waals surface area contributed by atoms with E-state index in [1.165, 1.54) is 18.5 Å². The molecule has 0 amide bonds. The Kier molecular flexibility index (Phi) is 2.95. The topological polar surface area (TPSA) is 12.5 Å². The quantitative estimate of drug-likeness (QED) is 0.700. The SMILES string of the molecule is C=C[C@@H]1CCCN1c1ccc(OC)cc1. The van der Waals surface area contributed by atoms with Gasteiger partial charge in [0.05, 0.1) is 7.11 Å². The molecule has 0 N–H and O–H groups in total. The lowest BCUT2D eigenvalue weighted by atomic mass is 10.2. The van der Waals surface area contributed by atoms with Crippen molar-refractivity contribution >= 4 is 5.69 Å². The van der Waals surface area contributed by atoms with Crippen molar-refractivity contribution in [3.8, 4) is 5.75 Å². The maximum Gasteiger partial charge on any atom is 0.119 e. The number of hydrogen-bond donors (Lipinski definition) is 0. The maximum atomic E-state index is 5.15. The Bertz CT molecular complexity index is 331. The lowest BCUT2D eigenvalue weighted by Crippen LogP contribution is -2.26. The minimum atomic E-state index is 0.499. The van der Waals surface area contributed by atoms with Crippen molar-refractivity contribution in [2.45, 2.75) is 18.9 Å². The molecule has 1 heterocycles. The fourth-order valence-corrected chi connectivity index (χ4v) is 2.13. The van der Waals surface area contributed by atoms with Crippen LogP contribution >= 0.6 is 0 Å². The normalized spacial score (nSPS) is 20.3. The third-order valence-corrected chi connectivity index (χ3v) is 2.98. The summed E-state index contributed by atoms with van der Waals surface area (Å²) in [5.41, 5.74) is 1.26. The van der Waals surface area contributed by atoms with Gasteiger partial charge in [0.2, 0.25) is 0 Å². The van der Waals surface area contributed by atoms with Crippen LogP contribution in [-0.4, -0.2) is 19.7 Å². The van der Waals surface area contributed by atoms with E-state index < -0.39 is 0 Å². The van der Waals surface area contributed by atoms with E-state index in [0.717, 1.165) is 12.3 Å². The van der Waals surface area contributed by atoms with E-state index in [1.807, 2.05) is 18.2 Å². The highest BCUT2D eigenvalue weighted by atomic mass is 16.5. The zero-order chi connectivity index (χ0) is 10.7. The first kappa shape index (κ1) is 10.1. The molecular weight excluding hydrogens is 186 g/mol. The van der Waals surface area contributed by atoms with Gasteiger partial charge in [0.25, 0.3) is 0 Å². The van der Waals surface area contributed by atoms with Crippen LogP contribution in [0.5, 0.6) is 5.75 Å². The van der Waals surface area contributed by atoms with Crippen molar-refractivity contribution in [1.29, 1.82) is 0 Å². The number of benzene rings is 1. The Morgan fingerprint density at radius 1 is 1.40 bits per heavy atom. The van der Waals surface area contributed by atoms with Gasteiger partial charge in [-0.2, -0.15) is 0 Å². The highest BCUT2D eigenvalue weighted by molar-refractivity contribution is 5.51. The molecule has 0 aromatic heterocycles. The van der Waals surface area contributed by atoms with E-state index in [4.69, 9.17) is 4.74 Å². The fraction of sp³-hybridized carbons (Fsp3) is 0.385. The monoisotopic (exact) mass is 203 g/mol. The molecule has 0 aliphatic carbocycles. The van der Waals surface area contributed by atoms with E-state index in [9.17, 15) is 0 Å². The molecule has 1 atom stereocenters. The summed E-state index contributed by atoms with van der Waals surface area (Å²) in [6, 6.07) is 8.74. The minimum Gasteiger partial charge on any atom is -0.497 e. The van der Waals surface area contributed by atoms with Gasteiger partial charge >= 0.3 is 0 Å². The van der Waals surface area contributed by atoms with Crippen LogP contribution in [0.15, 0.2) is 36.9 Å². The van der Waals surface area contributed by atoms with Gasteiger partial charge in [0, 0.05) is 18.3 Å². The summed E-state index contributed by atoms with van der Waals surface area (Å²) in [5.74, 6) is 0.910. The second kappa shape index (κ2) is 4.39. The van der Waals surface area contributed by atoms with Crippen LogP contribution in [-0.2, 0) is 0 Å². The predicted molar refractivity (Wildman–Crippen MR) is 63.6 cm³/mol. The molecule has 2 nitrogen and oxygen atoms in total. The van der Waals surface area contributed by atoms with Gasteiger partial charge < -0.3 is 9.64 Å². The van der Waals surface area contributed by atoms with E-state index in [-0.39, 0.29) is 0 Å². The van der Waals surface area contributed by atoms with Crippen molar-refractivity contribution in [2.75, 3.05) is 18.6 Å². The Hall–Kier alpha value is -1.44. The molecule has 0 radical (unpaired) electrons. The zero-order valence-corrected chi connectivity index (χ0v) is 9.15. The average molecular weight is 203 g/mol. The smallest absolute Gasteiger partial charge is 0.119 e. The summed E-state index contributed by atoms with van der Waals surface area (Å²) >= 11 is 0. The summed E-state index contributed by atoms with van der Waals surface area (Å²) in [7, 11) is 1.69. The van der Waals surface area contributed by atoms with Crippen molar-refractivity contribution in [3.05, 3.63) is 36.9 Å². The highest BCUT2D eigenvalue weighted by Gasteiger charge is 2.21. The van der Waals surface area contributed by atoms with E-state index in [2.05, 4.69) is 23.6 Å². The number of ether oxygens (including phenoxy) is 1. The third kappa shape index (κ3) is 1.99. The van der Waals surface area contributed by atoms with Crippen LogP contribution in [0.4, 0.5) is 5.69 Å². The second-order valence-corrected chi connectivity index (χ2v) is 3.84. The highest BCUT2D eigenvalue weighted by Crippen LogP contribution is 2.27. The van der Waals surface area contributed by atoms with Crippen LogP contribution < -0.4 is 9.64 Å². The predicted octanol–water partition coefficient (Wildman–Crippen LogP) is 2.85. The molecule has 1 fully saturated rings. The molecule has 2 rings (SSSR count). The van der Waals surface area contributed by atoms with Crippen molar-refractivity contribution in [1.82, 2.24) is 0 Å². The molecule has 0 saturated carbocycles. The van der Waals surface area contributed by atoms with Crippen molar-refractivity contribution in [3.63, 3.8) is 0 Å². The molecule has 0 bridgehead atoms. The van der Waals surface area contributed by atoms with Gasteiger partial charge in [-0.1, -0.05) is 6.08 Å². The first-order valence-electron chi connectivity index (χ1n) is 5.38. The number of hydrogen-bond acceptors (Lipinski definition) is 2. The molecule has 0 spiro atoms. The summed E-state index contributed by atoms with van der Waals surface area (Å²) in [6.07, 6.45) is 4.51. The lowest BCUT2D eigenvalue weighted by Gasteiger charge is -2.24. The summed E-state index contributed by atoms with van der Waals surface area (Å²) < 4.78 is 5.15. The van der Waals surface area contributed by atoms with Crippen LogP contribution in [0, 0.1) is 0 Å². The molecule has 1 aliphatic rings. The van der Waals surface area contributed by atoms with Crippen LogP contribution in [0.1, 0.15) is 12.8 Å². The van der Waals surface area contributed by atoms with Gasteiger partial charge in [-0.25, -0.2) is 0 Å². The van der Waals surface area contributed by atoms with Gasteiger partial charge in [-0.05, 0) is 37.1 Å². The standard InChI is InChI=1S/C13H17NO/c1-3-11-5-4-10-14(11)12-6-8-13(15-2)9-7-12/h3,6-9,11H,1,4-5,10H2,2H3/t11-/m1/s1. The van der Waals surface area contributed by atoms with Gasteiger partial charge in [-0.15, -0.1) is 6.58 Å². The average Bonchev–Trinajstić information content (AvgIpc) is 2.77. The van der Waals surface area contributed by atoms with Gasteiger partial charge in [0.15, 0.2) is 0 Å². The van der Waals surface area contributed by atoms with Gasteiger partial charge in [0.1, 0.15) is 5.75 Å². The first-order valence-corrected chi connectivity index (χ1v) is 5.38. The molecule has 1 saturated heterocycles. The lowest BCUT2D eigenvalue weighted by molar-refractivity contribution is 0.415. The van der Waals surface area contributed by atoms with Crippen LogP contribution in [0.2, 0.25) is 0 Å². The Labute approximate surface area is 91.2 Å². The number of anilines is 1. The maximum absolute atomic E-state index is 5.15. The molecule has 1 aromatic carbocycles. The molecule has 80 valence electrons. The number of nitrogens with zero attached hydrogens (tertiary/aromatic N) is 1. The van der Waals surface area contributed by atoms with Gasteiger partial charge in [-0.3, -0.25) is 0 Å². The van der Waals surface area contributed by atoms with Crippen molar-refractivity contribution < 1.29 is 4.74 Å². The molecule has 2 heteroatoms. The molecule has 1 aliphatic heterocycles. The number of rotatable bonds is 3. The summed E-state index contributed by atoms with van der Waals surface area (Å²) in [6.45, 7) is 5.01. The van der Waals surface area contributed by atoms with E-state index in [0.29, 0.717) is 6.04 Å². The Morgan fingerprint density at radius 3 is 2.73 bits per heavy atom. The van der Waals surface area contributed by atoms with E-state index in [1.54, 1.807) is 7.11 Å². The fourth-order valence-electron chi connectivity index (χ4n) is 2.13. The zero-order valence-electron chi connectivity index (χ0n) is 9.15. The summed E-state index contributed by atoms with van der Waals surface area (Å²) in [4.78, 5) is 2.40. The molecule has 15 heavy (non-hydrogen) atoms. The second-order valence-electron chi connectivity index (χ2n) is 3.84. The number of methoxy groups -OCH3 is 1. The first-order chi connectivity index (χ1) is 7.35. The minimum absolute atomic E-state index is 0.499. The Morgan fingerprint density at radius 2 is 2.13 bits per heavy atom. The van der Waals surface area contributed by atoms with Crippen LogP contribution in [0.25, 0.3) is 0 Å². The Balaban J connectivity index is 2.17. The van der Waals surface area contributed by atoms with Crippen LogP contribution in [0.3, 0.4) is 0 Å².